The van der Waals surface area contributed by atoms with Gasteiger partial charge in [0.15, 0.2) is 5.96 Å². The number of guanidine groups is 1. The molecule has 1 fully saturated rings. The zero-order valence-electron chi connectivity index (χ0n) is 12.4. The van der Waals surface area contributed by atoms with E-state index in [9.17, 15) is 4.79 Å². The number of nitrogens with two attached hydrogens (primary N) is 1. The molecule has 0 unspecified atom stereocenters. The van der Waals surface area contributed by atoms with Gasteiger partial charge in [0, 0.05) is 26.2 Å². The first-order valence-corrected chi connectivity index (χ1v) is 7.33. The predicted molar refractivity (Wildman–Crippen MR) is 79.7 cm³/mol. The summed E-state index contributed by atoms with van der Waals surface area (Å²) in [6.07, 6.45) is 1.92. The Hall–Kier alpha value is -1.34. The number of ether oxygens (including phenoxy) is 1. The second-order valence-electron chi connectivity index (χ2n) is 4.79. The Balaban J connectivity index is 2.03. The van der Waals surface area contributed by atoms with Crippen molar-refractivity contribution in [3.63, 3.8) is 0 Å². The molecule has 116 valence electrons. The number of rotatable bonds is 8. The lowest BCUT2D eigenvalue weighted by Crippen LogP contribution is -2.39. The molecule has 0 aromatic carbocycles. The largest absolute Gasteiger partial charge is 0.379 e. The molecule has 0 atom stereocenters. The van der Waals surface area contributed by atoms with Crippen molar-refractivity contribution < 1.29 is 9.53 Å². The van der Waals surface area contributed by atoms with Gasteiger partial charge in [0.05, 0.1) is 13.2 Å². The fraction of sp³-hybridized carbons (Fsp3) is 0.846. The minimum Gasteiger partial charge on any atom is -0.379 e. The van der Waals surface area contributed by atoms with Crippen molar-refractivity contribution in [2.24, 2.45) is 10.7 Å². The Labute approximate surface area is 120 Å². The van der Waals surface area contributed by atoms with E-state index in [0.717, 1.165) is 52.2 Å². The van der Waals surface area contributed by atoms with E-state index in [1.54, 1.807) is 0 Å². The Morgan fingerprint density at radius 2 is 2.05 bits per heavy atom. The molecule has 0 aromatic heterocycles. The first kappa shape index (κ1) is 16.7. The molecule has 7 nitrogen and oxygen atoms in total. The number of amides is 1. The standard InChI is InChI=1S/C13H27N5O2/c1-2-4-15-12(19)11-17-13(14)16-5-3-6-18-7-9-20-10-8-18/h2-11H2,1H3,(H,15,19)(H3,14,16,17). The molecular weight excluding hydrogens is 258 g/mol. The highest BCUT2D eigenvalue weighted by Gasteiger charge is 2.08. The maximum absolute atomic E-state index is 11.3. The lowest BCUT2D eigenvalue weighted by molar-refractivity contribution is -0.119. The zero-order chi connectivity index (χ0) is 14.6. The molecule has 0 radical (unpaired) electrons. The average molecular weight is 285 g/mol. The third-order valence-electron chi connectivity index (χ3n) is 3.03. The second kappa shape index (κ2) is 10.4. The van der Waals surface area contributed by atoms with Gasteiger partial charge in [0.25, 0.3) is 0 Å². The predicted octanol–water partition coefficient (Wildman–Crippen LogP) is -0.861. The number of morpholine rings is 1. The highest BCUT2D eigenvalue weighted by Crippen LogP contribution is 1.97. The van der Waals surface area contributed by atoms with E-state index in [2.05, 4.69) is 20.5 Å². The minimum absolute atomic E-state index is 0.0856. The topological polar surface area (TPSA) is 92.0 Å². The molecule has 1 aliphatic heterocycles. The van der Waals surface area contributed by atoms with Gasteiger partial charge in [-0.1, -0.05) is 6.92 Å². The van der Waals surface area contributed by atoms with E-state index < -0.39 is 0 Å². The molecule has 0 aromatic rings. The summed E-state index contributed by atoms with van der Waals surface area (Å²) in [5, 5.41) is 5.77. The number of carbonyl (C=O) groups is 1. The molecule has 1 amide bonds. The summed E-state index contributed by atoms with van der Waals surface area (Å²) in [4.78, 5) is 17.7. The summed E-state index contributed by atoms with van der Waals surface area (Å²) in [5.41, 5.74) is 5.70. The van der Waals surface area contributed by atoms with Crippen LogP contribution in [0.5, 0.6) is 0 Å². The van der Waals surface area contributed by atoms with Crippen molar-refractivity contribution in [3.05, 3.63) is 0 Å². The van der Waals surface area contributed by atoms with Crippen molar-refractivity contribution in [2.45, 2.75) is 19.8 Å². The minimum atomic E-state index is -0.0927. The summed E-state index contributed by atoms with van der Waals surface area (Å²) >= 11 is 0. The molecule has 7 heteroatoms. The smallest absolute Gasteiger partial charge is 0.241 e. The van der Waals surface area contributed by atoms with Crippen molar-refractivity contribution in [2.75, 3.05) is 52.5 Å². The first-order valence-electron chi connectivity index (χ1n) is 7.33. The van der Waals surface area contributed by atoms with E-state index in [1.165, 1.54) is 0 Å². The summed E-state index contributed by atoms with van der Waals surface area (Å²) in [6.45, 7) is 8.22. The van der Waals surface area contributed by atoms with Crippen LogP contribution in [0.1, 0.15) is 19.8 Å². The number of nitrogens with zero attached hydrogens (tertiary/aromatic N) is 2. The molecular formula is C13H27N5O2. The SMILES string of the molecule is CCCNC(=O)CN=C(N)NCCCN1CCOCC1. The van der Waals surface area contributed by atoms with Crippen LogP contribution in [0.25, 0.3) is 0 Å². The van der Waals surface area contributed by atoms with Crippen LogP contribution in [-0.2, 0) is 9.53 Å². The molecule has 0 bridgehead atoms. The van der Waals surface area contributed by atoms with Crippen molar-refractivity contribution in [3.8, 4) is 0 Å². The zero-order valence-corrected chi connectivity index (χ0v) is 12.4. The third-order valence-corrected chi connectivity index (χ3v) is 3.03. The van der Waals surface area contributed by atoms with E-state index >= 15 is 0 Å². The van der Waals surface area contributed by atoms with Gasteiger partial charge >= 0.3 is 0 Å². The van der Waals surface area contributed by atoms with Crippen LogP contribution >= 0.6 is 0 Å². The third kappa shape index (κ3) is 7.96. The number of carbonyl (C=O) groups excluding carboxylic acids is 1. The van der Waals surface area contributed by atoms with Crippen LogP contribution in [0, 0.1) is 0 Å². The number of nitrogens with one attached hydrogen (secondary N) is 2. The normalized spacial score (nSPS) is 16.9. The van der Waals surface area contributed by atoms with Crippen LogP contribution in [0.2, 0.25) is 0 Å². The van der Waals surface area contributed by atoms with E-state index in [-0.39, 0.29) is 12.5 Å². The Kier molecular flexibility index (Phi) is 8.73. The average Bonchev–Trinajstić information content (AvgIpc) is 2.48. The maximum atomic E-state index is 11.3. The summed E-state index contributed by atoms with van der Waals surface area (Å²) < 4.78 is 5.29. The maximum Gasteiger partial charge on any atom is 0.241 e. The molecule has 0 aliphatic carbocycles. The first-order chi connectivity index (χ1) is 9.72. The highest BCUT2D eigenvalue weighted by molar-refractivity contribution is 5.83. The molecule has 20 heavy (non-hydrogen) atoms. The van der Waals surface area contributed by atoms with Gasteiger partial charge in [-0.25, -0.2) is 4.99 Å². The van der Waals surface area contributed by atoms with Gasteiger partial charge in [0.1, 0.15) is 6.54 Å². The lowest BCUT2D eigenvalue weighted by atomic mass is 10.3. The van der Waals surface area contributed by atoms with E-state index in [4.69, 9.17) is 10.5 Å². The molecule has 1 heterocycles. The Bertz CT molecular complexity index is 303. The number of aliphatic imine (C=N–C) groups is 1. The molecule has 0 saturated carbocycles. The molecule has 1 rings (SSSR count). The summed E-state index contributed by atoms with van der Waals surface area (Å²) in [7, 11) is 0. The van der Waals surface area contributed by atoms with Crippen LogP contribution in [0.15, 0.2) is 4.99 Å². The van der Waals surface area contributed by atoms with Gasteiger partial charge in [-0.3, -0.25) is 9.69 Å². The van der Waals surface area contributed by atoms with Gasteiger partial charge in [-0.2, -0.15) is 0 Å². The van der Waals surface area contributed by atoms with Gasteiger partial charge in [-0.05, 0) is 19.4 Å². The fourth-order valence-corrected chi connectivity index (χ4v) is 1.88. The molecule has 4 N–H and O–H groups in total. The van der Waals surface area contributed by atoms with Crippen molar-refractivity contribution in [1.82, 2.24) is 15.5 Å². The highest BCUT2D eigenvalue weighted by atomic mass is 16.5. The van der Waals surface area contributed by atoms with Crippen molar-refractivity contribution in [1.29, 1.82) is 0 Å². The summed E-state index contributed by atoms with van der Waals surface area (Å²) in [5.74, 6) is 0.239. The molecule has 1 saturated heterocycles. The quantitative estimate of drug-likeness (QED) is 0.307. The van der Waals surface area contributed by atoms with Crippen LogP contribution < -0.4 is 16.4 Å². The van der Waals surface area contributed by atoms with Crippen LogP contribution in [0.4, 0.5) is 0 Å². The number of hydrogen-bond donors (Lipinski definition) is 3. The lowest BCUT2D eigenvalue weighted by Gasteiger charge is -2.26. The molecule has 0 spiro atoms. The monoisotopic (exact) mass is 285 g/mol. The van der Waals surface area contributed by atoms with Crippen LogP contribution in [0.3, 0.4) is 0 Å². The van der Waals surface area contributed by atoms with E-state index in [0.29, 0.717) is 12.5 Å². The van der Waals surface area contributed by atoms with E-state index in [1.807, 2.05) is 6.92 Å². The Morgan fingerprint density at radius 1 is 1.30 bits per heavy atom. The van der Waals surface area contributed by atoms with Crippen LogP contribution in [-0.4, -0.2) is 69.2 Å². The van der Waals surface area contributed by atoms with Gasteiger partial charge in [-0.15, -0.1) is 0 Å². The number of hydrogen-bond acceptors (Lipinski definition) is 4. The van der Waals surface area contributed by atoms with Crippen molar-refractivity contribution >= 4 is 11.9 Å². The Morgan fingerprint density at radius 3 is 2.75 bits per heavy atom. The molecule has 1 aliphatic rings. The van der Waals surface area contributed by atoms with Gasteiger partial charge < -0.3 is 21.1 Å². The fourth-order valence-electron chi connectivity index (χ4n) is 1.88. The summed E-state index contributed by atoms with van der Waals surface area (Å²) in [6, 6.07) is 0. The second-order valence-corrected chi connectivity index (χ2v) is 4.79. The van der Waals surface area contributed by atoms with Gasteiger partial charge in [0.2, 0.25) is 5.91 Å².